The zero-order chi connectivity index (χ0) is 20.2. The molecule has 27 heavy (non-hydrogen) atoms. The molecule has 0 aromatic heterocycles. The summed E-state index contributed by atoms with van der Waals surface area (Å²) in [5.41, 5.74) is 6.00. The van der Waals surface area contributed by atoms with Crippen molar-refractivity contribution in [2.24, 2.45) is 0 Å². The zero-order valence-corrected chi connectivity index (χ0v) is 18.7. The Kier molecular flexibility index (Phi) is 7.34. The van der Waals surface area contributed by atoms with Crippen LogP contribution in [0.25, 0.3) is 0 Å². The maximum atomic E-state index is 11.0. The number of aromatic hydroxyl groups is 2. The molecule has 2 nitrogen and oxygen atoms in total. The first-order valence-corrected chi connectivity index (χ1v) is 10.7. The van der Waals surface area contributed by atoms with Crippen molar-refractivity contribution in [3.63, 3.8) is 0 Å². The average molecular weight is 387 g/mol. The van der Waals surface area contributed by atoms with Gasteiger partial charge in [-0.1, -0.05) is 62.1 Å². The van der Waals surface area contributed by atoms with Gasteiger partial charge in [0.2, 0.25) is 0 Å². The van der Waals surface area contributed by atoms with E-state index in [9.17, 15) is 10.2 Å². The standard InChI is InChI=1S/C24H35O2P/c1-6-8-10-18-12-16(3)14-20(22(18)25)24(5,27)21-15-17(4)13-19(23(21)26)11-9-7-2/h12-15,25-26H,6-11,27H2,1-5H3. The fourth-order valence-electron chi connectivity index (χ4n) is 3.76. The summed E-state index contributed by atoms with van der Waals surface area (Å²) < 4.78 is 0. The molecular weight excluding hydrogens is 351 g/mol. The van der Waals surface area contributed by atoms with Crippen molar-refractivity contribution in [3.05, 3.63) is 57.6 Å². The van der Waals surface area contributed by atoms with Gasteiger partial charge in [-0.05, 0) is 57.6 Å². The van der Waals surface area contributed by atoms with Crippen LogP contribution in [-0.4, -0.2) is 10.2 Å². The van der Waals surface area contributed by atoms with Crippen molar-refractivity contribution in [1.29, 1.82) is 0 Å². The Morgan fingerprint density at radius 2 is 1.15 bits per heavy atom. The Morgan fingerprint density at radius 1 is 0.778 bits per heavy atom. The van der Waals surface area contributed by atoms with Crippen LogP contribution in [0.5, 0.6) is 11.5 Å². The number of phenols is 2. The molecular formula is C24H35O2P. The van der Waals surface area contributed by atoms with E-state index in [0.29, 0.717) is 11.5 Å². The summed E-state index contributed by atoms with van der Waals surface area (Å²) in [6, 6.07) is 8.26. The number of rotatable bonds is 8. The lowest BCUT2D eigenvalue weighted by molar-refractivity contribution is 0.444. The molecule has 1 unspecified atom stereocenters. The van der Waals surface area contributed by atoms with E-state index < -0.39 is 5.16 Å². The van der Waals surface area contributed by atoms with Gasteiger partial charge in [0.05, 0.1) is 0 Å². The number of hydrogen-bond donors (Lipinski definition) is 2. The van der Waals surface area contributed by atoms with Gasteiger partial charge in [0.25, 0.3) is 0 Å². The summed E-state index contributed by atoms with van der Waals surface area (Å²) in [4.78, 5) is 0. The van der Waals surface area contributed by atoms with E-state index >= 15 is 0 Å². The van der Waals surface area contributed by atoms with Gasteiger partial charge in [0, 0.05) is 16.3 Å². The topological polar surface area (TPSA) is 40.5 Å². The van der Waals surface area contributed by atoms with E-state index in [2.05, 4.69) is 56.0 Å². The predicted molar refractivity (Wildman–Crippen MR) is 119 cm³/mol. The highest BCUT2D eigenvalue weighted by Gasteiger charge is 2.31. The summed E-state index contributed by atoms with van der Waals surface area (Å²) in [5.74, 6) is 0.727. The number of aryl methyl sites for hydroxylation is 4. The number of hydrogen-bond acceptors (Lipinski definition) is 2. The van der Waals surface area contributed by atoms with Gasteiger partial charge in [0.1, 0.15) is 11.5 Å². The molecule has 0 amide bonds. The minimum absolute atomic E-state index is 0.363. The van der Waals surface area contributed by atoms with Crippen molar-refractivity contribution in [2.45, 2.75) is 78.3 Å². The number of phenolic OH excluding ortho intramolecular Hbond substituents is 2. The van der Waals surface area contributed by atoms with E-state index in [1.54, 1.807) is 0 Å². The zero-order valence-electron chi connectivity index (χ0n) is 17.5. The van der Waals surface area contributed by atoms with E-state index in [1.165, 1.54) is 0 Å². The maximum Gasteiger partial charge on any atom is 0.123 e. The van der Waals surface area contributed by atoms with Crippen LogP contribution < -0.4 is 0 Å². The maximum absolute atomic E-state index is 11.0. The van der Waals surface area contributed by atoms with E-state index in [0.717, 1.165) is 71.9 Å². The molecule has 0 aliphatic carbocycles. The van der Waals surface area contributed by atoms with Crippen LogP contribution in [0.1, 0.15) is 79.8 Å². The molecule has 2 aromatic carbocycles. The molecule has 0 bridgehead atoms. The van der Waals surface area contributed by atoms with Gasteiger partial charge in [0.15, 0.2) is 0 Å². The molecule has 0 heterocycles. The van der Waals surface area contributed by atoms with E-state index in [4.69, 9.17) is 0 Å². The summed E-state index contributed by atoms with van der Waals surface area (Å²) in [6.07, 6.45) is 6.06. The van der Waals surface area contributed by atoms with Crippen LogP contribution in [0, 0.1) is 13.8 Å². The van der Waals surface area contributed by atoms with Gasteiger partial charge in [-0.15, -0.1) is 9.24 Å². The van der Waals surface area contributed by atoms with Crippen LogP contribution >= 0.6 is 9.24 Å². The molecule has 2 N–H and O–H groups in total. The fraction of sp³-hybridized carbons (Fsp3) is 0.500. The predicted octanol–water partition coefficient (Wildman–Crippen LogP) is 6.54. The lowest BCUT2D eigenvalue weighted by Crippen LogP contribution is -2.17. The van der Waals surface area contributed by atoms with Crippen LogP contribution in [0.3, 0.4) is 0 Å². The summed E-state index contributed by atoms with van der Waals surface area (Å²) in [6.45, 7) is 10.5. The minimum Gasteiger partial charge on any atom is -0.507 e. The second-order valence-corrected chi connectivity index (χ2v) is 9.20. The monoisotopic (exact) mass is 386 g/mol. The van der Waals surface area contributed by atoms with Crippen molar-refractivity contribution >= 4 is 9.24 Å². The van der Waals surface area contributed by atoms with Gasteiger partial charge in [-0.3, -0.25) is 0 Å². The fourth-order valence-corrected chi connectivity index (χ4v) is 4.20. The lowest BCUT2D eigenvalue weighted by atomic mass is 9.85. The summed E-state index contributed by atoms with van der Waals surface area (Å²) >= 11 is 0. The highest BCUT2D eigenvalue weighted by Crippen LogP contribution is 2.48. The van der Waals surface area contributed by atoms with Gasteiger partial charge in [-0.25, -0.2) is 0 Å². The van der Waals surface area contributed by atoms with Crippen LogP contribution in [0.4, 0.5) is 0 Å². The minimum atomic E-state index is -0.561. The molecule has 0 saturated carbocycles. The Bertz CT molecular complexity index is 728. The van der Waals surface area contributed by atoms with Crippen LogP contribution in [0.2, 0.25) is 0 Å². The Morgan fingerprint density at radius 3 is 1.48 bits per heavy atom. The van der Waals surface area contributed by atoms with E-state index in [1.807, 2.05) is 12.1 Å². The molecule has 0 saturated heterocycles. The molecule has 2 rings (SSSR count). The molecule has 0 fully saturated rings. The molecule has 1 atom stereocenters. The molecule has 0 spiro atoms. The highest BCUT2D eigenvalue weighted by molar-refractivity contribution is 7.19. The molecule has 0 aliphatic rings. The van der Waals surface area contributed by atoms with Crippen molar-refractivity contribution in [3.8, 4) is 11.5 Å². The van der Waals surface area contributed by atoms with Crippen molar-refractivity contribution in [1.82, 2.24) is 0 Å². The second kappa shape index (κ2) is 9.11. The smallest absolute Gasteiger partial charge is 0.123 e. The molecule has 148 valence electrons. The Balaban J connectivity index is 2.59. The first-order valence-electron chi connectivity index (χ1n) is 10.2. The van der Waals surface area contributed by atoms with Gasteiger partial charge >= 0.3 is 0 Å². The highest BCUT2D eigenvalue weighted by atomic mass is 31.0. The Hall–Kier alpha value is -1.53. The normalized spacial score (nSPS) is 11.8. The largest absolute Gasteiger partial charge is 0.507 e. The summed E-state index contributed by atoms with van der Waals surface area (Å²) in [5, 5.41) is 21.5. The molecule has 0 radical (unpaired) electrons. The van der Waals surface area contributed by atoms with Gasteiger partial charge < -0.3 is 10.2 Å². The first kappa shape index (κ1) is 21.8. The van der Waals surface area contributed by atoms with Crippen molar-refractivity contribution < 1.29 is 10.2 Å². The van der Waals surface area contributed by atoms with E-state index in [-0.39, 0.29) is 0 Å². The molecule has 3 heteroatoms. The average Bonchev–Trinajstić information content (AvgIpc) is 2.62. The first-order chi connectivity index (χ1) is 12.7. The third kappa shape index (κ3) is 4.85. The van der Waals surface area contributed by atoms with Crippen molar-refractivity contribution in [2.75, 3.05) is 0 Å². The van der Waals surface area contributed by atoms with Crippen LogP contribution in [-0.2, 0) is 18.0 Å². The number of unbranched alkanes of at least 4 members (excludes halogenated alkanes) is 2. The SMILES string of the molecule is CCCCc1cc(C)cc(C(C)(P)c2cc(C)cc(CCCC)c2O)c1O. The van der Waals surface area contributed by atoms with Gasteiger partial charge in [-0.2, -0.15) is 0 Å². The third-order valence-electron chi connectivity index (χ3n) is 5.38. The quantitative estimate of drug-likeness (QED) is 0.506. The Labute approximate surface area is 167 Å². The lowest BCUT2D eigenvalue weighted by Gasteiger charge is -2.30. The van der Waals surface area contributed by atoms with Crippen LogP contribution in [0.15, 0.2) is 24.3 Å². The summed E-state index contributed by atoms with van der Waals surface area (Å²) in [7, 11) is 2.88. The molecule has 0 aliphatic heterocycles. The third-order valence-corrected chi connectivity index (χ3v) is 6.01. The molecule has 2 aromatic rings. The second-order valence-electron chi connectivity index (χ2n) is 8.05. The number of benzene rings is 2.